The standard InChI is InChI=1S/C16H19N3O3/c20-15-14(9-17-18-15)13-7-4-8-19(10-13)16(21)22-11-12-5-2-1-3-6-12/h1-3,5-6,9,13H,4,7-8,10-11H2,(H2,17,18,20). The number of nitrogens with zero attached hydrogens (tertiary/aromatic N) is 1. The van der Waals surface area contributed by atoms with Gasteiger partial charge in [-0.15, -0.1) is 0 Å². The number of aromatic nitrogens is 2. The van der Waals surface area contributed by atoms with E-state index >= 15 is 0 Å². The lowest BCUT2D eigenvalue weighted by Crippen LogP contribution is -2.40. The van der Waals surface area contributed by atoms with Gasteiger partial charge < -0.3 is 14.7 Å². The molecule has 0 radical (unpaired) electrons. The summed E-state index contributed by atoms with van der Waals surface area (Å²) in [6.07, 6.45) is 3.14. The predicted octanol–water partition coefficient (Wildman–Crippen LogP) is 2.22. The summed E-state index contributed by atoms with van der Waals surface area (Å²) in [7, 11) is 0. The van der Waals surface area contributed by atoms with Crippen LogP contribution in [0.25, 0.3) is 0 Å². The van der Waals surface area contributed by atoms with Crippen LogP contribution in [0.3, 0.4) is 0 Å². The van der Waals surface area contributed by atoms with Crippen LogP contribution in [0, 0.1) is 0 Å². The van der Waals surface area contributed by atoms with Crippen LogP contribution in [0.5, 0.6) is 0 Å². The highest BCUT2D eigenvalue weighted by molar-refractivity contribution is 5.67. The third-order valence-electron chi connectivity index (χ3n) is 4.00. The third kappa shape index (κ3) is 3.21. The predicted molar refractivity (Wildman–Crippen MR) is 81.6 cm³/mol. The fourth-order valence-electron chi connectivity index (χ4n) is 2.83. The summed E-state index contributed by atoms with van der Waals surface area (Å²) >= 11 is 0. The first-order valence-corrected chi connectivity index (χ1v) is 7.45. The number of rotatable bonds is 3. The first-order valence-electron chi connectivity index (χ1n) is 7.45. The zero-order chi connectivity index (χ0) is 15.4. The number of likely N-dealkylation sites (tertiary alicyclic amines) is 1. The first-order chi connectivity index (χ1) is 10.7. The average Bonchev–Trinajstić information content (AvgIpc) is 3.00. The van der Waals surface area contributed by atoms with Crippen LogP contribution in [-0.4, -0.2) is 34.3 Å². The SMILES string of the molecule is O=C(OCc1ccccc1)N1CCCC(c2c[nH][nH]c2=O)C1. The van der Waals surface area contributed by atoms with Gasteiger partial charge in [-0.25, -0.2) is 4.79 Å². The highest BCUT2D eigenvalue weighted by Gasteiger charge is 2.27. The van der Waals surface area contributed by atoms with E-state index in [1.165, 1.54) is 0 Å². The molecule has 2 N–H and O–H groups in total. The molecule has 1 aliphatic heterocycles. The molecule has 1 saturated heterocycles. The van der Waals surface area contributed by atoms with Crippen molar-refractivity contribution in [3.05, 3.63) is 58.0 Å². The summed E-state index contributed by atoms with van der Waals surface area (Å²) in [5, 5.41) is 5.26. The molecule has 22 heavy (non-hydrogen) atoms. The van der Waals surface area contributed by atoms with Crippen LogP contribution in [0.2, 0.25) is 0 Å². The average molecular weight is 301 g/mol. The molecule has 6 heteroatoms. The monoisotopic (exact) mass is 301 g/mol. The van der Waals surface area contributed by atoms with Crippen molar-refractivity contribution in [3.63, 3.8) is 0 Å². The number of ether oxygens (including phenoxy) is 1. The van der Waals surface area contributed by atoms with E-state index in [0.29, 0.717) is 18.7 Å². The van der Waals surface area contributed by atoms with Crippen molar-refractivity contribution in [1.29, 1.82) is 0 Å². The number of aromatic amines is 2. The Morgan fingerprint density at radius 3 is 2.86 bits per heavy atom. The molecule has 0 spiro atoms. The molecule has 116 valence electrons. The Morgan fingerprint density at radius 2 is 2.14 bits per heavy atom. The lowest BCUT2D eigenvalue weighted by atomic mass is 9.93. The highest BCUT2D eigenvalue weighted by Crippen LogP contribution is 2.24. The van der Waals surface area contributed by atoms with E-state index in [4.69, 9.17) is 4.74 Å². The Bertz CT molecular complexity index is 677. The fourth-order valence-corrected chi connectivity index (χ4v) is 2.83. The number of H-pyrrole nitrogens is 2. The molecule has 1 amide bonds. The molecule has 0 saturated carbocycles. The van der Waals surface area contributed by atoms with Crippen molar-refractivity contribution < 1.29 is 9.53 Å². The van der Waals surface area contributed by atoms with Crippen molar-refractivity contribution in [1.82, 2.24) is 15.1 Å². The van der Waals surface area contributed by atoms with E-state index in [1.54, 1.807) is 11.1 Å². The van der Waals surface area contributed by atoms with Crippen LogP contribution >= 0.6 is 0 Å². The van der Waals surface area contributed by atoms with Gasteiger partial charge in [-0.05, 0) is 18.4 Å². The van der Waals surface area contributed by atoms with Gasteiger partial charge in [0.2, 0.25) is 0 Å². The van der Waals surface area contributed by atoms with Gasteiger partial charge in [0, 0.05) is 30.8 Å². The Labute approximate surface area is 128 Å². The second kappa shape index (κ2) is 6.51. The van der Waals surface area contributed by atoms with E-state index in [1.807, 2.05) is 30.3 Å². The van der Waals surface area contributed by atoms with Gasteiger partial charge in [-0.1, -0.05) is 30.3 Å². The van der Waals surface area contributed by atoms with Crippen molar-refractivity contribution >= 4 is 6.09 Å². The maximum atomic E-state index is 12.2. The quantitative estimate of drug-likeness (QED) is 0.912. The van der Waals surface area contributed by atoms with Gasteiger partial charge in [0.15, 0.2) is 0 Å². The van der Waals surface area contributed by atoms with Gasteiger partial charge >= 0.3 is 6.09 Å². The zero-order valence-corrected chi connectivity index (χ0v) is 12.2. The molecule has 1 aromatic heterocycles. The summed E-state index contributed by atoms with van der Waals surface area (Å²) < 4.78 is 5.36. The van der Waals surface area contributed by atoms with Crippen LogP contribution in [-0.2, 0) is 11.3 Å². The summed E-state index contributed by atoms with van der Waals surface area (Å²) in [5.74, 6) is 0.0630. The second-order valence-corrected chi connectivity index (χ2v) is 5.52. The Hall–Kier alpha value is -2.50. The number of carbonyl (C=O) groups is 1. The molecule has 1 aromatic carbocycles. The van der Waals surface area contributed by atoms with Crippen molar-refractivity contribution in [2.45, 2.75) is 25.4 Å². The number of carbonyl (C=O) groups excluding carboxylic acids is 1. The van der Waals surface area contributed by atoms with E-state index in [9.17, 15) is 9.59 Å². The topological polar surface area (TPSA) is 78.2 Å². The van der Waals surface area contributed by atoms with Crippen LogP contribution in [0.1, 0.15) is 29.9 Å². The smallest absolute Gasteiger partial charge is 0.410 e. The molecule has 6 nitrogen and oxygen atoms in total. The van der Waals surface area contributed by atoms with E-state index in [0.717, 1.165) is 18.4 Å². The maximum Gasteiger partial charge on any atom is 0.410 e. The molecule has 1 fully saturated rings. The highest BCUT2D eigenvalue weighted by atomic mass is 16.6. The molecular weight excluding hydrogens is 282 g/mol. The molecule has 2 heterocycles. The Balaban J connectivity index is 1.58. The maximum absolute atomic E-state index is 12.2. The number of hydrogen-bond acceptors (Lipinski definition) is 3. The van der Waals surface area contributed by atoms with Crippen LogP contribution < -0.4 is 5.56 Å². The minimum absolute atomic E-state index is 0.0630. The molecule has 0 aliphatic carbocycles. The second-order valence-electron chi connectivity index (χ2n) is 5.52. The molecule has 2 aromatic rings. The fraction of sp³-hybridized carbons (Fsp3) is 0.375. The minimum atomic E-state index is -0.319. The molecule has 1 atom stereocenters. The zero-order valence-electron chi connectivity index (χ0n) is 12.2. The molecule has 1 unspecified atom stereocenters. The largest absolute Gasteiger partial charge is 0.445 e. The van der Waals surface area contributed by atoms with Gasteiger partial charge in [-0.2, -0.15) is 0 Å². The lowest BCUT2D eigenvalue weighted by Gasteiger charge is -2.31. The number of piperidine rings is 1. The van der Waals surface area contributed by atoms with Gasteiger partial charge in [-0.3, -0.25) is 9.89 Å². The summed E-state index contributed by atoms with van der Waals surface area (Å²) in [6.45, 7) is 1.46. The Kier molecular flexibility index (Phi) is 4.27. The number of benzene rings is 1. The number of amides is 1. The molecule has 3 rings (SSSR count). The summed E-state index contributed by atoms with van der Waals surface area (Å²) in [5.41, 5.74) is 1.57. The molecule has 1 aliphatic rings. The Morgan fingerprint density at radius 1 is 1.32 bits per heavy atom. The van der Waals surface area contributed by atoms with E-state index < -0.39 is 0 Å². The van der Waals surface area contributed by atoms with E-state index in [-0.39, 0.29) is 24.2 Å². The summed E-state index contributed by atoms with van der Waals surface area (Å²) in [6, 6.07) is 9.60. The normalized spacial score (nSPS) is 18.2. The van der Waals surface area contributed by atoms with Crippen LogP contribution in [0.4, 0.5) is 4.79 Å². The van der Waals surface area contributed by atoms with Gasteiger partial charge in [0.1, 0.15) is 6.61 Å². The third-order valence-corrected chi connectivity index (χ3v) is 4.00. The minimum Gasteiger partial charge on any atom is -0.445 e. The van der Waals surface area contributed by atoms with Gasteiger partial charge in [0.05, 0.1) is 0 Å². The molecule has 0 bridgehead atoms. The number of hydrogen-bond donors (Lipinski definition) is 2. The van der Waals surface area contributed by atoms with Crippen molar-refractivity contribution in [3.8, 4) is 0 Å². The van der Waals surface area contributed by atoms with Crippen molar-refractivity contribution in [2.75, 3.05) is 13.1 Å². The lowest BCUT2D eigenvalue weighted by molar-refractivity contribution is 0.0858. The van der Waals surface area contributed by atoms with E-state index in [2.05, 4.69) is 10.2 Å². The number of nitrogens with one attached hydrogen (secondary N) is 2. The van der Waals surface area contributed by atoms with Gasteiger partial charge in [0.25, 0.3) is 5.56 Å². The summed E-state index contributed by atoms with van der Waals surface area (Å²) in [4.78, 5) is 25.5. The first kappa shape index (κ1) is 14.4. The van der Waals surface area contributed by atoms with Crippen molar-refractivity contribution in [2.24, 2.45) is 0 Å². The van der Waals surface area contributed by atoms with Crippen LogP contribution in [0.15, 0.2) is 41.3 Å². The molecular formula is C16H19N3O3.